The molecular weight excluding hydrogens is 176 g/mol. The number of nitrogens with one attached hydrogen (secondary N) is 1. The van der Waals surface area contributed by atoms with Crippen LogP contribution in [0.5, 0.6) is 0 Å². The number of aromatic nitrogens is 1. The third kappa shape index (κ3) is 1.80. The first-order valence-corrected chi connectivity index (χ1v) is 4.96. The van der Waals surface area contributed by atoms with E-state index >= 15 is 0 Å². The first kappa shape index (κ1) is 9.27. The van der Waals surface area contributed by atoms with E-state index in [0.717, 1.165) is 31.9 Å². The lowest BCUT2D eigenvalue weighted by molar-refractivity contribution is 0.588. The standard InChI is InChI=1S/C10H16N4/c1-8-9(2-3-10(11)13-8)14-6-4-12-5-7-14/h2-3,12H,4-7H2,1H3,(H2,11,13). The summed E-state index contributed by atoms with van der Waals surface area (Å²) in [5.74, 6) is 0.599. The van der Waals surface area contributed by atoms with E-state index in [1.165, 1.54) is 5.69 Å². The molecule has 14 heavy (non-hydrogen) atoms. The zero-order chi connectivity index (χ0) is 9.97. The summed E-state index contributed by atoms with van der Waals surface area (Å²) in [4.78, 5) is 6.61. The molecule has 2 rings (SSSR count). The van der Waals surface area contributed by atoms with Crippen molar-refractivity contribution in [3.63, 3.8) is 0 Å². The normalized spacial score (nSPS) is 17.1. The van der Waals surface area contributed by atoms with E-state index in [-0.39, 0.29) is 0 Å². The first-order chi connectivity index (χ1) is 6.77. The van der Waals surface area contributed by atoms with Crippen molar-refractivity contribution < 1.29 is 0 Å². The fourth-order valence-corrected chi connectivity index (χ4v) is 1.81. The van der Waals surface area contributed by atoms with Crippen LogP contribution in [0.2, 0.25) is 0 Å². The van der Waals surface area contributed by atoms with E-state index in [9.17, 15) is 0 Å². The summed E-state index contributed by atoms with van der Waals surface area (Å²) >= 11 is 0. The van der Waals surface area contributed by atoms with Crippen LogP contribution in [-0.4, -0.2) is 31.2 Å². The SMILES string of the molecule is Cc1nc(N)ccc1N1CCNCC1. The number of nitrogen functional groups attached to an aromatic ring is 1. The minimum Gasteiger partial charge on any atom is -0.384 e. The van der Waals surface area contributed by atoms with E-state index in [1.807, 2.05) is 13.0 Å². The van der Waals surface area contributed by atoms with Crippen LogP contribution in [0.3, 0.4) is 0 Å². The van der Waals surface area contributed by atoms with Gasteiger partial charge < -0.3 is 16.0 Å². The Hall–Kier alpha value is -1.29. The molecule has 1 saturated heterocycles. The van der Waals surface area contributed by atoms with Crippen molar-refractivity contribution in [3.8, 4) is 0 Å². The Bertz CT molecular complexity index is 318. The second-order valence-corrected chi connectivity index (χ2v) is 3.58. The van der Waals surface area contributed by atoms with Crippen molar-refractivity contribution in [2.75, 3.05) is 36.8 Å². The van der Waals surface area contributed by atoms with Gasteiger partial charge in [0.15, 0.2) is 0 Å². The van der Waals surface area contributed by atoms with Gasteiger partial charge in [-0.15, -0.1) is 0 Å². The van der Waals surface area contributed by atoms with Crippen LogP contribution < -0.4 is 16.0 Å². The van der Waals surface area contributed by atoms with Gasteiger partial charge in [-0.25, -0.2) is 4.98 Å². The Morgan fingerprint density at radius 2 is 2.07 bits per heavy atom. The maximum absolute atomic E-state index is 5.62. The van der Waals surface area contributed by atoms with Crippen LogP contribution in [0.15, 0.2) is 12.1 Å². The first-order valence-electron chi connectivity index (χ1n) is 4.96. The largest absolute Gasteiger partial charge is 0.384 e. The number of hydrogen-bond acceptors (Lipinski definition) is 4. The minimum absolute atomic E-state index is 0.599. The molecule has 4 nitrogen and oxygen atoms in total. The van der Waals surface area contributed by atoms with Crippen LogP contribution in [0.4, 0.5) is 11.5 Å². The fourth-order valence-electron chi connectivity index (χ4n) is 1.81. The average molecular weight is 192 g/mol. The molecule has 0 spiro atoms. The molecule has 1 aromatic rings. The Labute approximate surface area is 84.1 Å². The van der Waals surface area contributed by atoms with Crippen molar-refractivity contribution in [1.29, 1.82) is 0 Å². The lowest BCUT2D eigenvalue weighted by Crippen LogP contribution is -2.43. The number of pyridine rings is 1. The average Bonchev–Trinajstić information content (AvgIpc) is 2.19. The van der Waals surface area contributed by atoms with Gasteiger partial charge in [0.25, 0.3) is 0 Å². The third-order valence-corrected chi connectivity index (χ3v) is 2.54. The predicted octanol–water partition coefficient (Wildman–Crippen LogP) is 0.382. The molecule has 0 aliphatic carbocycles. The van der Waals surface area contributed by atoms with Gasteiger partial charge in [0.2, 0.25) is 0 Å². The molecule has 1 fully saturated rings. The van der Waals surface area contributed by atoms with Gasteiger partial charge in [-0.3, -0.25) is 0 Å². The lowest BCUT2D eigenvalue weighted by Gasteiger charge is -2.30. The second-order valence-electron chi connectivity index (χ2n) is 3.58. The summed E-state index contributed by atoms with van der Waals surface area (Å²) in [5.41, 5.74) is 7.84. The van der Waals surface area contributed by atoms with Gasteiger partial charge in [0.1, 0.15) is 5.82 Å². The van der Waals surface area contributed by atoms with Gasteiger partial charge >= 0.3 is 0 Å². The van der Waals surface area contributed by atoms with Crippen LogP contribution in [0.1, 0.15) is 5.69 Å². The summed E-state index contributed by atoms with van der Waals surface area (Å²) in [5, 5.41) is 3.33. The Morgan fingerprint density at radius 3 is 2.71 bits per heavy atom. The molecule has 0 amide bonds. The summed E-state index contributed by atoms with van der Waals surface area (Å²) < 4.78 is 0. The Morgan fingerprint density at radius 1 is 1.36 bits per heavy atom. The predicted molar refractivity (Wildman–Crippen MR) is 58.5 cm³/mol. The zero-order valence-electron chi connectivity index (χ0n) is 8.45. The molecule has 1 aromatic heterocycles. The highest BCUT2D eigenvalue weighted by atomic mass is 15.2. The van der Waals surface area contributed by atoms with E-state index < -0.39 is 0 Å². The van der Waals surface area contributed by atoms with E-state index in [4.69, 9.17) is 5.73 Å². The van der Waals surface area contributed by atoms with Crippen molar-refractivity contribution in [3.05, 3.63) is 17.8 Å². The van der Waals surface area contributed by atoms with Gasteiger partial charge in [-0.1, -0.05) is 0 Å². The van der Waals surface area contributed by atoms with Crippen LogP contribution in [-0.2, 0) is 0 Å². The van der Waals surface area contributed by atoms with E-state index in [1.54, 1.807) is 0 Å². The molecule has 0 radical (unpaired) electrons. The second kappa shape index (κ2) is 3.84. The molecule has 3 N–H and O–H groups in total. The molecule has 2 heterocycles. The maximum Gasteiger partial charge on any atom is 0.123 e. The highest BCUT2D eigenvalue weighted by Gasteiger charge is 2.12. The number of nitrogens with zero attached hydrogens (tertiary/aromatic N) is 2. The monoisotopic (exact) mass is 192 g/mol. The number of aryl methyl sites for hydroxylation is 1. The summed E-state index contributed by atoms with van der Waals surface area (Å²) in [6.45, 7) is 6.19. The molecule has 1 aliphatic heterocycles. The third-order valence-electron chi connectivity index (χ3n) is 2.54. The van der Waals surface area contributed by atoms with Crippen molar-refractivity contribution >= 4 is 11.5 Å². The number of piperazine rings is 1. The molecule has 0 unspecified atom stereocenters. The van der Waals surface area contributed by atoms with Crippen molar-refractivity contribution in [2.45, 2.75) is 6.92 Å². The van der Waals surface area contributed by atoms with E-state index in [0.29, 0.717) is 5.82 Å². The van der Waals surface area contributed by atoms with E-state index in [2.05, 4.69) is 21.3 Å². The van der Waals surface area contributed by atoms with Crippen molar-refractivity contribution in [1.82, 2.24) is 10.3 Å². The molecule has 0 saturated carbocycles. The van der Waals surface area contributed by atoms with Gasteiger partial charge in [0.05, 0.1) is 11.4 Å². The molecule has 76 valence electrons. The van der Waals surface area contributed by atoms with Gasteiger partial charge in [-0.05, 0) is 19.1 Å². The van der Waals surface area contributed by atoms with Crippen molar-refractivity contribution in [2.24, 2.45) is 0 Å². The molecule has 4 heteroatoms. The molecule has 0 atom stereocenters. The summed E-state index contributed by atoms with van der Waals surface area (Å²) in [6.07, 6.45) is 0. The summed E-state index contributed by atoms with van der Waals surface area (Å²) in [7, 11) is 0. The maximum atomic E-state index is 5.62. The van der Waals surface area contributed by atoms with Crippen LogP contribution in [0, 0.1) is 6.92 Å². The zero-order valence-corrected chi connectivity index (χ0v) is 8.45. The van der Waals surface area contributed by atoms with Crippen LogP contribution in [0.25, 0.3) is 0 Å². The molecule has 1 aliphatic rings. The number of anilines is 2. The van der Waals surface area contributed by atoms with Gasteiger partial charge in [-0.2, -0.15) is 0 Å². The number of hydrogen-bond donors (Lipinski definition) is 2. The van der Waals surface area contributed by atoms with Crippen LogP contribution >= 0.6 is 0 Å². The lowest BCUT2D eigenvalue weighted by atomic mass is 10.2. The number of nitrogens with two attached hydrogens (primary N) is 1. The highest BCUT2D eigenvalue weighted by molar-refractivity contribution is 5.53. The molecule has 0 bridgehead atoms. The summed E-state index contributed by atoms with van der Waals surface area (Å²) in [6, 6.07) is 3.92. The smallest absolute Gasteiger partial charge is 0.123 e. The molecule has 0 aromatic carbocycles. The van der Waals surface area contributed by atoms with Gasteiger partial charge in [0, 0.05) is 26.2 Å². The highest BCUT2D eigenvalue weighted by Crippen LogP contribution is 2.19. The Kier molecular flexibility index (Phi) is 2.54. The molecular formula is C10H16N4. The Balaban J connectivity index is 2.22. The fraction of sp³-hybridized carbons (Fsp3) is 0.500. The topological polar surface area (TPSA) is 54.2 Å². The quantitative estimate of drug-likeness (QED) is 0.675. The minimum atomic E-state index is 0.599. The number of rotatable bonds is 1.